The van der Waals surface area contributed by atoms with Gasteiger partial charge in [-0.25, -0.2) is 0 Å². The van der Waals surface area contributed by atoms with Crippen molar-refractivity contribution in [2.24, 2.45) is 5.92 Å². The van der Waals surface area contributed by atoms with Crippen LogP contribution in [0.2, 0.25) is 0 Å². The standard InChI is InChI=1S/C11H22N2O2/c1-6-8(2)10(15)12-7-9(14)13-11(3,4)5/h8H,6-7H2,1-5H3,(H,12,15)(H,13,14). The second-order valence-corrected chi connectivity index (χ2v) is 4.83. The Bertz CT molecular complexity index is 231. The highest BCUT2D eigenvalue weighted by molar-refractivity contribution is 5.85. The van der Waals surface area contributed by atoms with E-state index in [1.165, 1.54) is 0 Å². The fourth-order valence-corrected chi connectivity index (χ4v) is 0.989. The number of nitrogens with one attached hydrogen (secondary N) is 2. The first-order valence-electron chi connectivity index (χ1n) is 5.35. The molecule has 0 fully saturated rings. The van der Waals surface area contributed by atoms with Crippen molar-refractivity contribution in [3.05, 3.63) is 0 Å². The third-order valence-electron chi connectivity index (χ3n) is 2.00. The molecule has 4 heteroatoms. The topological polar surface area (TPSA) is 58.2 Å². The Morgan fingerprint density at radius 2 is 1.80 bits per heavy atom. The molecule has 0 saturated heterocycles. The van der Waals surface area contributed by atoms with Crippen LogP contribution in [-0.2, 0) is 9.59 Å². The molecule has 0 aromatic heterocycles. The Hall–Kier alpha value is -1.06. The van der Waals surface area contributed by atoms with Crippen molar-refractivity contribution in [1.29, 1.82) is 0 Å². The first kappa shape index (κ1) is 13.9. The van der Waals surface area contributed by atoms with Crippen molar-refractivity contribution in [3.8, 4) is 0 Å². The van der Waals surface area contributed by atoms with Crippen LogP contribution in [0.3, 0.4) is 0 Å². The lowest BCUT2D eigenvalue weighted by atomic mass is 10.1. The lowest BCUT2D eigenvalue weighted by molar-refractivity contribution is -0.128. The Kier molecular flexibility index (Phi) is 5.33. The van der Waals surface area contributed by atoms with Crippen LogP contribution >= 0.6 is 0 Å². The summed E-state index contributed by atoms with van der Waals surface area (Å²) in [7, 11) is 0. The van der Waals surface area contributed by atoms with Crippen molar-refractivity contribution in [2.45, 2.75) is 46.6 Å². The highest BCUT2D eigenvalue weighted by Crippen LogP contribution is 2.00. The van der Waals surface area contributed by atoms with E-state index in [0.717, 1.165) is 6.42 Å². The normalized spacial score (nSPS) is 13.1. The van der Waals surface area contributed by atoms with E-state index >= 15 is 0 Å². The van der Waals surface area contributed by atoms with Gasteiger partial charge in [-0.05, 0) is 27.2 Å². The Labute approximate surface area is 91.8 Å². The number of carbonyl (C=O) groups excluding carboxylic acids is 2. The number of hydrogen-bond donors (Lipinski definition) is 2. The Morgan fingerprint density at radius 1 is 1.27 bits per heavy atom. The largest absolute Gasteiger partial charge is 0.350 e. The minimum absolute atomic E-state index is 0.0348. The molecule has 88 valence electrons. The van der Waals surface area contributed by atoms with Gasteiger partial charge in [0.15, 0.2) is 0 Å². The van der Waals surface area contributed by atoms with Crippen molar-refractivity contribution < 1.29 is 9.59 Å². The molecule has 0 saturated carbocycles. The van der Waals surface area contributed by atoms with Crippen LogP contribution in [0.15, 0.2) is 0 Å². The second-order valence-electron chi connectivity index (χ2n) is 4.83. The van der Waals surface area contributed by atoms with Crippen molar-refractivity contribution in [2.75, 3.05) is 6.54 Å². The van der Waals surface area contributed by atoms with Gasteiger partial charge in [0.1, 0.15) is 0 Å². The van der Waals surface area contributed by atoms with Crippen molar-refractivity contribution in [3.63, 3.8) is 0 Å². The van der Waals surface area contributed by atoms with Gasteiger partial charge in [0.25, 0.3) is 0 Å². The minimum atomic E-state index is -0.252. The van der Waals surface area contributed by atoms with Gasteiger partial charge in [0.2, 0.25) is 11.8 Å². The molecule has 1 atom stereocenters. The predicted octanol–water partition coefficient (Wildman–Crippen LogP) is 1.06. The van der Waals surface area contributed by atoms with Crippen LogP contribution < -0.4 is 10.6 Å². The molecular weight excluding hydrogens is 192 g/mol. The molecule has 0 aliphatic rings. The second kappa shape index (κ2) is 5.73. The van der Waals surface area contributed by atoms with E-state index in [1.807, 2.05) is 34.6 Å². The zero-order valence-electron chi connectivity index (χ0n) is 10.3. The van der Waals surface area contributed by atoms with Gasteiger partial charge in [-0.2, -0.15) is 0 Å². The average molecular weight is 214 g/mol. The molecule has 0 spiro atoms. The van der Waals surface area contributed by atoms with E-state index in [1.54, 1.807) is 0 Å². The van der Waals surface area contributed by atoms with Gasteiger partial charge in [-0.15, -0.1) is 0 Å². The van der Waals surface area contributed by atoms with Gasteiger partial charge < -0.3 is 10.6 Å². The van der Waals surface area contributed by atoms with Gasteiger partial charge in [-0.1, -0.05) is 13.8 Å². The maximum Gasteiger partial charge on any atom is 0.239 e. The number of rotatable bonds is 4. The van der Waals surface area contributed by atoms with Crippen LogP contribution in [0, 0.1) is 5.92 Å². The van der Waals surface area contributed by atoms with Crippen LogP contribution in [-0.4, -0.2) is 23.9 Å². The molecular formula is C11H22N2O2. The number of hydrogen-bond acceptors (Lipinski definition) is 2. The third kappa shape index (κ3) is 6.94. The maximum atomic E-state index is 11.4. The molecule has 15 heavy (non-hydrogen) atoms. The van der Waals surface area contributed by atoms with Gasteiger partial charge in [-0.3, -0.25) is 9.59 Å². The Balaban J connectivity index is 3.87. The zero-order chi connectivity index (χ0) is 12.1. The van der Waals surface area contributed by atoms with Crippen LogP contribution in [0.25, 0.3) is 0 Å². The highest BCUT2D eigenvalue weighted by Gasteiger charge is 2.15. The summed E-state index contributed by atoms with van der Waals surface area (Å²) in [6, 6.07) is 0. The van der Waals surface area contributed by atoms with Crippen molar-refractivity contribution >= 4 is 11.8 Å². The van der Waals surface area contributed by atoms with E-state index in [2.05, 4.69) is 10.6 Å². The summed E-state index contributed by atoms with van der Waals surface area (Å²) in [4.78, 5) is 22.7. The minimum Gasteiger partial charge on any atom is -0.350 e. The number of carbonyl (C=O) groups is 2. The summed E-state index contributed by atoms with van der Waals surface area (Å²) in [5.74, 6) is -0.256. The molecule has 0 heterocycles. The van der Waals surface area contributed by atoms with E-state index < -0.39 is 0 Å². The maximum absolute atomic E-state index is 11.4. The molecule has 0 bridgehead atoms. The van der Waals surface area contributed by atoms with Gasteiger partial charge in [0, 0.05) is 11.5 Å². The molecule has 0 aliphatic heterocycles. The monoisotopic (exact) mass is 214 g/mol. The lowest BCUT2D eigenvalue weighted by Crippen LogP contribution is -2.46. The first-order valence-corrected chi connectivity index (χ1v) is 5.35. The highest BCUT2D eigenvalue weighted by atomic mass is 16.2. The molecule has 2 amide bonds. The third-order valence-corrected chi connectivity index (χ3v) is 2.00. The molecule has 0 rings (SSSR count). The summed E-state index contributed by atoms with van der Waals surface area (Å²) < 4.78 is 0. The molecule has 1 unspecified atom stereocenters. The summed E-state index contributed by atoms with van der Waals surface area (Å²) in [5.41, 5.74) is -0.252. The molecule has 0 aromatic carbocycles. The predicted molar refractivity (Wildman–Crippen MR) is 60.4 cm³/mol. The van der Waals surface area contributed by atoms with Crippen LogP contribution in [0.4, 0.5) is 0 Å². The fourth-order valence-electron chi connectivity index (χ4n) is 0.989. The molecule has 0 aliphatic carbocycles. The fraction of sp³-hybridized carbons (Fsp3) is 0.818. The van der Waals surface area contributed by atoms with Crippen LogP contribution in [0.5, 0.6) is 0 Å². The summed E-state index contributed by atoms with van der Waals surface area (Å²) in [6.45, 7) is 9.56. The van der Waals surface area contributed by atoms with E-state index in [9.17, 15) is 9.59 Å². The van der Waals surface area contributed by atoms with Gasteiger partial charge >= 0.3 is 0 Å². The smallest absolute Gasteiger partial charge is 0.239 e. The van der Waals surface area contributed by atoms with Gasteiger partial charge in [0.05, 0.1) is 6.54 Å². The quantitative estimate of drug-likeness (QED) is 0.735. The van der Waals surface area contributed by atoms with E-state index in [4.69, 9.17) is 0 Å². The average Bonchev–Trinajstić information content (AvgIpc) is 2.10. The summed E-state index contributed by atoms with van der Waals surface area (Å²) >= 11 is 0. The molecule has 2 N–H and O–H groups in total. The van der Waals surface area contributed by atoms with E-state index in [-0.39, 0.29) is 29.8 Å². The molecule has 0 radical (unpaired) electrons. The SMILES string of the molecule is CCC(C)C(=O)NCC(=O)NC(C)(C)C. The van der Waals surface area contributed by atoms with Crippen molar-refractivity contribution in [1.82, 2.24) is 10.6 Å². The zero-order valence-corrected chi connectivity index (χ0v) is 10.3. The number of amides is 2. The van der Waals surface area contributed by atoms with E-state index in [0.29, 0.717) is 0 Å². The Morgan fingerprint density at radius 3 is 2.20 bits per heavy atom. The molecule has 4 nitrogen and oxygen atoms in total. The van der Waals surface area contributed by atoms with Crippen LogP contribution in [0.1, 0.15) is 41.0 Å². The lowest BCUT2D eigenvalue weighted by Gasteiger charge is -2.20. The summed E-state index contributed by atoms with van der Waals surface area (Å²) in [6.07, 6.45) is 0.784. The first-order chi connectivity index (χ1) is 6.76. The summed E-state index contributed by atoms with van der Waals surface area (Å²) in [5, 5.41) is 5.38. The molecule has 0 aromatic rings.